The fourth-order valence-electron chi connectivity index (χ4n) is 1.66. The monoisotopic (exact) mass is 254 g/mol. The first-order valence-electron chi connectivity index (χ1n) is 5.57. The molecule has 18 heavy (non-hydrogen) atoms. The van der Waals surface area contributed by atoms with E-state index in [0.717, 1.165) is 0 Å². The Morgan fingerprint density at radius 2 is 2.11 bits per heavy atom. The highest BCUT2D eigenvalue weighted by Crippen LogP contribution is 2.29. The van der Waals surface area contributed by atoms with Gasteiger partial charge < -0.3 is 14.6 Å². The number of aromatic nitrogens is 1. The number of hydrogen-bond donors (Lipinski definition) is 1. The Hall–Kier alpha value is -1.82. The molecule has 1 atom stereocenters. The van der Waals surface area contributed by atoms with Crippen molar-refractivity contribution in [3.8, 4) is 11.8 Å². The molecule has 0 aromatic carbocycles. The minimum absolute atomic E-state index is 0.266. The molecule has 0 fully saturated rings. The summed E-state index contributed by atoms with van der Waals surface area (Å²) in [4.78, 5) is 17.2. The Kier molecular flexibility index (Phi) is 4.91. The van der Waals surface area contributed by atoms with E-state index in [1.54, 1.807) is 24.1 Å². The number of carboxylic acid groups (broad SMARTS) is 1. The summed E-state index contributed by atoms with van der Waals surface area (Å²) in [5.74, 6) is -0.287. The third-order valence-corrected chi connectivity index (χ3v) is 2.73. The molecule has 1 rings (SSSR count). The summed E-state index contributed by atoms with van der Waals surface area (Å²) in [7, 11) is 4.69. The molecule has 100 valence electrons. The van der Waals surface area contributed by atoms with Gasteiger partial charge in [-0.05, 0) is 19.7 Å². The molecule has 6 nitrogen and oxygen atoms in total. The van der Waals surface area contributed by atoms with Crippen molar-refractivity contribution < 1.29 is 19.4 Å². The van der Waals surface area contributed by atoms with Crippen LogP contribution >= 0.6 is 0 Å². The highest BCUT2D eigenvalue weighted by atomic mass is 16.5. The molecule has 1 aromatic rings. The first-order chi connectivity index (χ1) is 8.54. The first kappa shape index (κ1) is 14.2. The summed E-state index contributed by atoms with van der Waals surface area (Å²) in [6, 6.07) is 2.50. The van der Waals surface area contributed by atoms with Crippen LogP contribution in [0.1, 0.15) is 18.5 Å². The number of ether oxygens (including phenoxy) is 2. The number of aliphatic carboxylic acids is 1. The number of nitrogens with zero attached hydrogens (tertiary/aromatic N) is 2. The topological polar surface area (TPSA) is 71.9 Å². The normalized spacial score (nSPS) is 12.3. The Morgan fingerprint density at radius 3 is 2.56 bits per heavy atom. The zero-order valence-corrected chi connectivity index (χ0v) is 11.0. The molecule has 1 aromatic heterocycles. The molecule has 6 heteroatoms. The molecule has 0 aliphatic heterocycles. The van der Waals surface area contributed by atoms with Gasteiger partial charge in [0.1, 0.15) is 6.04 Å². The fraction of sp³-hybridized carbons (Fsp3) is 0.500. The summed E-state index contributed by atoms with van der Waals surface area (Å²) in [6.07, 6.45) is 0. The molecule has 0 radical (unpaired) electrons. The van der Waals surface area contributed by atoms with E-state index >= 15 is 0 Å². The van der Waals surface area contributed by atoms with Crippen molar-refractivity contribution in [1.29, 1.82) is 0 Å². The van der Waals surface area contributed by atoms with Crippen LogP contribution in [0.15, 0.2) is 12.1 Å². The lowest BCUT2D eigenvalue weighted by Crippen LogP contribution is -2.31. The van der Waals surface area contributed by atoms with Crippen LogP contribution in [0.3, 0.4) is 0 Å². The van der Waals surface area contributed by atoms with Gasteiger partial charge in [-0.1, -0.05) is 6.92 Å². The molecule has 0 saturated heterocycles. The van der Waals surface area contributed by atoms with Crippen LogP contribution in [-0.4, -0.2) is 48.8 Å². The van der Waals surface area contributed by atoms with Crippen LogP contribution < -0.4 is 9.47 Å². The van der Waals surface area contributed by atoms with Crippen molar-refractivity contribution in [1.82, 2.24) is 9.88 Å². The Labute approximate surface area is 106 Å². The van der Waals surface area contributed by atoms with Gasteiger partial charge in [0.25, 0.3) is 0 Å². The van der Waals surface area contributed by atoms with E-state index in [9.17, 15) is 9.90 Å². The van der Waals surface area contributed by atoms with Crippen LogP contribution in [0.25, 0.3) is 0 Å². The van der Waals surface area contributed by atoms with E-state index in [1.165, 1.54) is 14.2 Å². The van der Waals surface area contributed by atoms with Gasteiger partial charge in [0.15, 0.2) is 0 Å². The van der Waals surface area contributed by atoms with Crippen LogP contribution in [0.2, 0.25) is 0 Å². The van der Waals surface area contributed by atoms with Gasteiger partial charge in [0.05, 0.1) is 14.2 Å². The van der Waals surface area contributed by atoms with Crippen molar-refractivity contribution in [2.45, 2.75) is 13.0 Å². The molecular formula is C12H18N2O4. The summed E-state index contributed by atoms with van der Waals surface area (Å²) >= 11 is 0. The number of methoxy groups -OCH3 is 2. The van der Waals surface area contributed by atoms with Crippen molar-refractivity contribution in [3.63, 3.8) is 0 Å². The van der Waals surface area contributed by atoms with Gasteiger partial charge >= 0.3 is 5.97 Å². The number of rotatable bonds is 6. The second-order valence-corrected chi connectivity index (χ2v) is 3.77. The highest BCUT2D eigenvalue weighted by molar-refractivity contribution is 5.76. The molecule has 1 heterocycles. The summed E-state index contributed by atoms with van der Waals surface area (Å²) in [5.41, 5.74) is 0.509. The second kappa shape index (κ2) is 6.20. The Balaban J connectivity index is 3.23. The van der Waals surface area contributed by atoms with E-state index in [1.807, 2.05) is 6.92 Å². The molecule has 1 unspecified atom stereocenters. The van der Waals surface area contributed by atoms with Crippen LogP contribution in [0, 0.1) is 0 Å². The average Bonchev–Trinajstić information content (AvgIpc) is 2.38. The maximum absolute atomic E-state index is 11.4. The first-order valence-corrected chi connectivity index (χ1v) is 5.57. The van der Waals surface area contributed by atoms with Crippen LogP contribution in [-0.2, 0) is 4.79 Å². The molecular weight excluding hydrogens is 236 g/mol. The van der Waals surface area contributed by atoms with E-state index in [-0.39, 0.29) is 5.88 Å². The maximum atomic E-state index is 11.4. The molecule has 0 spiro atoms. The van der Waals surface area contributed by atoms with Crippen molar-refractivity contribution in [2.24, 2.45) is 0 Å². The van der Waals surface area contributed by atoms with Crippen LogP contribution in [0.5, 0.6) is 11.8 Å². The number of likely N-dealkylation sites (N-methyl/N-ethyl adjacent to an activating group) is 1. The maximum Gasteiger partial charge on any atom is 0.325 e. The lowest BCUT2D eigenvalue weighted by molar-refractivity contribution is -0.143. The lowest BCUT2D eigenvalue weighted by atomic mass is 10.1. The van der Waals surface area contributed by atoms with Gasteiger partial charge in [0, 0.05) is 11.6 Å². The summed E-state index contributed by atoms with van der Waals surface area (Å²) < 4.78 is 10.1. The van der Waals surface area contributed by atoms with Gasteiger partial charge in [0.2, 0.25) is 11.8 Å². The van der Waals surface area contributed by atoms with Crippen molar-refractivity contribution >= 4 is 5.97 Å². The Morgan fingerprint density at radius 1 is 1.44 bits per heavy atom. The Bertz CT molecular complexity index is 423. The quantitative estimate of drug-likeness (QED) is 0.821. The van der Waals surface area contributed by atoms with Gasteiger partial charge in [-0.15, -0.1) is 0 Å². The SMILES string of the molecule is CCN(C)C(C(=O)O)c1ccc(OC)nc1OC. The zero-order chi connectivity index (χ0) is 13.7. The molecule has 0 amide bonds. The van der Waals surface area contributed by atoms with Crippen LogP contribution in [0.4, 0.5) is 0 Å². The van der Waals surface area contributed by atoms with Crippen molar-refractivity contribution in [2.75, 3.05) is 27.8 Å². The van der Waals surface area contributed by atoms with E-state index in [2.05, 4.69) is 4.98 Å². The number of pyridine rings is 1. The minimum Gasteiger partial charge on any atom is -0.481 e. The van der Waals surface area contributed by atoms with Gasteiger partial charge in [-0.2, -0.15) is 4.98 Å². The molecule has 0 bridgehead atoms. The highest BCUT2D eigenvalue weighted by Gasteiger charge is 2.27. The third kappa shape index (κ3) is 2.89. The molecule has 0 saturated carbocycles. The molecule has 0 aliphatic carbocycles. The van der Waals surface area contributed by atoms with Gasteiger partial charge in [-0.3, -0.25) is 9.69 Å². The number of carbonyl (C=O) groups is 1. The number of hydrogen-bond acceptors (Lipinski definition) is 5. The predicted molar refractivity (Wildman–Crippen MR) is 66.0 cm³/mol. The summed E-state index contributed by atoms with van der Waals surface area (Å²) in [5, 5.41) is 9.32. The van der Waals surface area contributed by atoms with E-state index < -0.39 is 12.0 Å². The molecule has 0 aliphatic rings. The zero-order valence-electron chi connectivity index (χ0n) is 11.0. The van der Waals surface area contributed by atoms with Gasteiger partial charge in [-0.25, -0.2) is 0 Å². The second-order valence-electron chi connectivity index (χ2n) is 3.77. The smallest absolute Gasteiger partial charge is 0.325 e. The predicted octanol–water partition coefficient (Wildman–Crippen LogP) is 1.18. The minimum atomic E-state index is -0.940. The molecule has 1 N–H and O–H groups in total. The van der Waals surface area contributed by atoms with E-state index in [0.29, 0.717) is 18.0 Å². The standard InChI is InChI=1S/C12H18N2O4/c1-5-14(2)10(12(15)16)8-6-7-9(17-3)13-11(8)18-4/h6-7,10H,5H2,1-4H3,(H,15,16). The largest absolute Gasteiger partial charge is 0.481 e. The fourth-order valence-corrected chi connectivity index (χ4v) is 1.66. The summed E-state index contributed by atoms with van der Waals surface area (Å²) in [6.45, 7) is 2.49. The van der Waals surface area contributed by atoms with E-state index in [4.69, 9.17) is 9.47 Å². The average molecular weight is 254 g/mol. The van der Waals surface area contributed by atoms with Crippen molar-refractivity contribution in [3.05, 3.63) is 17.7 Å². The number of carboxylic acids is 1. The third-order valence-electron chi connectivity index (χ3n) is 2.73. The lowest BCUT2D eigenvalue weighted by Gasteiger charge is -2.24.